The van der Waals surface area contributed by atoms with Gasteiger partial charge in [-0.2, -0.15) is 0 Å². The van der Waals surface area contributed by atoms with Crippen molar-refractivity contribution >= 4 is 28.5 Å². The maximum Gasteiger partial charge on any atom is 0.251 e. The topological polar surface area (TPSA) is 51.2 Å². The van der Waals surface area contributed by atoms with Crippen molar-refractivity contribution in [3.8, 4) is 5.88 Å². The van der Waals surface area contributed by atoms with Gasteiger partial charge in [0.25, 0.3) is 5.91 Å². The van der Waals surface area contributed by atoms with E-state index in [1.165, 1.54) is 0 Å². The van der Waals surface area contributed by atoms with Crippen molar-refractivity contribution < 1.29 is 9.53 Å². The lowest BCUT2D eigenvalue weighted by Gasteiger charge is -2.09. The summed E-state index contributed by atoms with van der Waals surface area (Å²) in [5.74, 6) is 0.464. The number of hydrogen-bond donors (Lipinski definition) is 1. The summed E-state index contributed by atoms with van der Waals surface area (Å²) in [6.07, 6.45) is 1.68. The summed E-state index contributed by atoms with van der Waals surface area (Å²) in [5, 5.41) is 2.87. The number of ether oxygens (including phenoxy) is 1. The predicted octanol–water partition coefficient (Wildman–Crippen LogP) is 3.01. The molecule has 0 radical (unpaired) electrons. The summed E-state index contributed by atoms with van der Waals surface area (Å²) in [6, 6.07) is 11.2. The largest absolute Gasteiger partial charge is 0.478 e. The van der Waals surface area contributed by atoms with E-state index < -0.39 is 0 Å². The number of hydrogen-bond acceptors (Lipinski definition) is 3. The fourth-order valence-corrected chi connectivity index (χ4v) is 2.06. The number of aromatic nitrogens is 1. The van der Waals surface area contributed by atoms with Gasteiger partial charge in [-0.3, -0.25) is 4.79 Å². The molecule has 0 saturated carbocycles. The maximum absolute atomic E-state index is 12.0. The molecule has 0 spiro atoms. The number of carbonyl (C=O) groups excluding carboxylic acids is 1. The Hall–Kier alpha value is -1.63. The van der Waals surface area contributed by atoms with Crippen LogP contribution in [0.3, 0.4) is 0 Å². The Labute approximate surface area is 131 Å². The molecule has 1 N–H and O–H groups in total. The van der Waals surface area contributed by atoms with Crippen LogP contribution in [0.4, 0.5) is 0 Å². The van der Waals surface area contributed by atoms with Crippen molar-refractivity contribution in [1.29, 1.82) is 0 Å². The van der Waals surface area contributed by atoms with Crippen LogP contribution in [-0.4, -0.2) is 17.5 Å². The molecule has 0 saturated heterocycles. The van der Waals surface area contributed by atoms with Crippen LogP contribution >= 0.6 is 22.6 Å². The van der Waals surface area contributed by atoms with E-state index >= 15 is 0 Å². The number of halogens is 1. The lowest BCUT2D eigenvalue weighted by molar-refractivity contribution is 0.0950. The van der Waals surface area contributed by atoms with Crippen LogP contribution in [0.1, 0.15) is 22.8 Å². The first-order chi connectivity index (χ1) is 9.70. The molecule has 0 fully saturated rings. The number of nitrogens with zero attached hydrogens (tertiary/aromatic N) is 1. The van der Waals surface area contributed by atoms with E-state index in [9.17, 15) is 4.79 Å². The van der Waals surface area contributed by atoms with Crippen molar-refractivity contribution in [3.05, 3.63) is 57.3 Å². The molecule has 1 heterocycles. The Kier molecular flexibility index (Phi) is 5.34. The molecular formula is C15H15IN2O2. The lowest BCUT2D eigenvalue weighted by atomic mass is 10.2. The van der Waals surface area contributed by atoms with Crippen LogP contribution in [0, 0.1) is 3.57 Å². The Morgan fingerprint density at radius 1 is 1.30 bits per heavy atom. The standard InChI is InChI=1S/C15H15IN2O2/c1-2-20-15-12(4-3-9-17-15)10-18-14(19)11-5-7-13(16)8-6-11/h3-9H,2,10H2,1H3,(H,18,19). The fourth-order valence-electron chi connectivity index (χ4n) is 1.70. The van der Waals surface area contributed by atoms with E-state index in [1.54, 1.807) is 6.20 Å². The van der Waals surface area contributed by atoms with Gasteiger partial charge < -0.3 is 10.1 Å². The molecule has 1 aromatic heterocycles. The first-order valence-electron chi connectivity index (χ1n) is 6.31. The van der Waals surface area contributed by atoms with Crippen molar-refractivity contribution in [2.45, 2.75) is 13.5 Å². The average molecular weight is 382 g/mol. The summed E-state index contributed by atoms with van der Waals surface area (Å²) in [5.41, 5.74) is 1.51. The zero-order chi connectivity index (χ0) is 14.4. The Morgan fingerprint density at radius 2 is 2.05 bits per heavy atom. The van der Waals surface area contributed by atoms with Crippen molar-refractivity contribution in [2.24, 2.45) is 0 Å². The highest BCUT2D eigenvalue weighted by molar-refractivity contribution is 14.1. The van der Waals surface area contributed by atoms with Gasteiger partial charge in [-0.25, -0.2) is 4.98 Å². The highest BCUT2D eigenvalue weighted by atomic mass is 127. The monoisotopic (exact) mass is 382 g/mol. The number of rotatable bonds is 5. The molecule has 1 aromatic carbocycles. The smallest absolute Gasteiger partial charge is 0.251 e. The number of amides is 1. The van der Waals surface area contributed by atoms with Crippen molar-refractivity contribution in [1.82, 2.24) is 10.3 Å². The molecular weight excluding hydrogens is 367 g/mol. The summed E-state index contributed by atoms with van der Waals surface area (Å²) in [6.45, 7) is 2.85. The minimum absolute atomic E-state index is 0.104. The molecule has 2 rings (SSSR count). The van der Waals surface area contributed by atoms with E-state index in [0.29, 0.717) is 24.6 Å². The molecule has 104 valence electrons. The van der Waals surface area contributed by atoms with Gasteiger partial charge in [-0.15, -0.1) is 0 Å². The summed E-state index contributed by atoms with van der Waals surface area (Å²) >= 11 is 2.21. The van der Waals surface area contributed by atoms with Crippen LogP contribution in [0.5, 0.6) is 5.88 Å². The molecule has 2 aromatic rings. The second kappa shape index (κ2) is 7.23. The van der Waals surface area contributed by atoms with Crippen LogP contribution in [0.25, 0.3) is 0 Å². The van der Waals surface area contributed by atoms with Gasteiger partial charge in [0.05, 0.1) is 6.61 Å². The molecule has 0 aliphatic carbocycles. The molecule has 20 heavy (non-hydrogen) atoms. The van der Waals surface area contributed by atoms with Crippen LogP contribution in [-0.2, 0) is 6.54 Å². The minimum Gasteiger partial charge on any atom is -0.478 e. The zero-order valence-corrected chi connectivity index (χ0v) is 13.3. The second-order valence-electron chi connectivity index (χ2n) is 4.09. The minimum atomic E-state index is -0.104. The van der Waals surface area contributed by atoms with Gasteiger partial charge in [-0.1, -0.05) is 6.07 Å². The number of pyridine rings is 1. The third-order valence-corrected chi connectivity index (χ3v) is 3.40. The summed E-state index contributed by atoms with van der Waals surface area (Å²) < 4.78 is 6.53. The van der Waals surface area contributed by atoms with Gasteiger partial charge >= 0.3 is 0 Å². The quantitative estimate of drug-likeness (QED) is 0.809. The molecule has 5 heteroatoms. The molecule has 0 atom stereocenters. The average Bonchev–Trinajstić information content (AvgIpc) is 2.47. The van der Waals surface area contributed by atoms with E-state index in [4.69, 9.17) is 4.74 Å². The molecule has 0 bridgehead atoms. The van der Waals surface area contributed by atoms with Gasteiger partial charge in [0.1, 0.15) is 0 Å². The molecule has 0 unspecified atom stereocenters. The third-order valence-electron chi connectivity index (χ3n) is 2.68. The van der Waals surface area contributed by atoms with Gasteiger partial charge in [0, 0.05) is 27.4 Å². The van der Waals surface area contributed by atoms with Crippen molar-refractivity contribution in [2.75, 3.05) is 6.61 Å². The van der Waals surface area contributed by atoms with Crippen LogP contribution < -0.4 is 10.1 Å². The summed E-state index contributed by atoms with van der Waals surface area (Å²) in [7, 11) is 0. The van der Waals surface area contributed by atoms with E-state index in [0.717, 1.165) is 9.13 Å². The highest BCUT2D eigenvalue weighted by Gasteiger charge is 2.08. The molecule has 0 aliphatic heterocycles. The normalized spacial score (nSPS) is 10.1. The van der Waals surface area contributed by atoms with Crippen LogP contribution in [0.15, 0.2) is 42.6 Å². The zero-order valence-electron chi connectivity index (χ0n) is 11.1. The summed E-state index contributed by atoms with van der Waals surface area (Å²) in [4.78, 5) is 16.2. The Morgan fingerprint density at radius 3 is 2.75 bits per heavy atom. The molecule has 1 amide bonds. The second-order valence-corrected chi connectivity index (χ2v) is 5.34. The SMILES string of the molecule is CCOc1ncccc1CNC(=O)c1ccc(I)cc1. The number of benzene rings is 1. The predicted molar refractivity (Wildman–Crippen MR) is 85.7 cm³/mol. The molecule has 0 aliphatic rings. The maximum atomic E-state index is 12.0. The molecule has 4 nitrogen and oxygen atoms in total. The number of carbonyl (C=O) groups is 1. The Bertz CT molecular complexity index is 585. The van der Waals surface area contributed by atoms with Crippen LogP contribution in [0.2, 0.25) is 0 Å². The first kappa shape index (κ1) is 14.8. The van der Waals surface area contributed by atoms with E-state index in [2.05, 4.69) is 32.9 Å². The Balaban J connectivity index is 2.01. The first-order valence-corrected chi connectivity index (χ1v) is 7.39. The van der Waals surface area contributed by atoms with Crippen molar-refractivity contribution in [3.63, 3.8) is 0 Å². The highest BCUT2D eigenvalue weighted by Crippen LogP contribution is 2.14. The van der Waals surface area contributed by atoms with Gasteiger partial charge in [-0.05, 0) is 59.8 Å². The third kappa shape index (κ3) is 3.93. The lowest BCUT2D eigenvalue weighted by Crippen LogP contribution is -2.23. The number of nitrogens with one attached hydrogen (secondary N) is 1. The van der Waals surface area contributed by atoms with Gasteiger partial charge in [0.15, 0.2) is 0 Å². The fraction of sp³-hybridized carbons (Fsp3) is 0.200. The van der Waals surface area contributed by atoms with Gasteiger partial charge in [0.2, 0.25) is 5.88 Å². The van der Waals surface area contributed by atoms with E-state index in [1.807, 2.05) is 43.3 Å². The van der Waals surface area contributed by atoms with E-state index in [-0.39, 0.29) is 5.91 Å².